The Balaban J connectivity index is 0.00000253. The number of hydrogen-bond acceptors (Lipinski definition) is 6. The van der Waals surface area contributed by atoms with E-state index in [1.165, 1.54) is 25.6 Å². The van der Waals surface area contributed by atoms with Gasteiger partial charge in [-0.05, 0) is 37.7 Å². The van der Waals surface area contributed by atoms with Crippen molar-refractivity contribution in [2.75, 3.05) is 11.4 Å². The molecule has 0 unspecified atom stereocenters. The van der Waals surface area contributed by atoms with Crippen LogP contribution in [0.25, 0.3) is 16.6 Å². The topological polar surface area (TPSA) is 108 Å². The third-order valence-electron chi connectivity index (χ3n) is 7.31. The number of anilines is 1. The van der Waals surface area contributed by atoms with Crippen molar-refractivity contribution in [1.29, 1.82) is 5.26 Å². The molecule has 2 aliphatic rings. The predicted molar refractivity (Wildman–Crippen MR) is 139 cm³/mol. The smallest absolute Gasteiger partial charge is 0.279 e. The molecule has 0 aromatic carbocycles. The number of fused-ring (bicyclic) bond motifs is 2. The van der Waals surface area contributed by atoms with Crippen LogP contribution in [0.4, 0.5) is 5.82 Å². The minimum atomic E-state index is -0.138. The number of hydrogen-bond donors (Lipinski definition) is 1. The zero-order valence-electron chi connectivity index (χ0n) is 19.2. The summed E-state index contributed by atoms with van der Waals surface area (Å²) in [7, 11) is 0. The number of nitriles is 1. The summed E-state index contributed by atoms with van der Waals surface area (Å²) in [5.74, 6) is 1.89. The number of H-pyrrole nitrogens is 1. The van der Waals surface area contributed by atoms with Crippen LogP contribution in [0, 0.1) is 17.2 Å². The summed E-state index contributed by atoms with van der Waals surface area (Å²) >= 11 is 6.38. The molecule has 2 fully saturated rings. The normalized spacial score (nSPS) is 18.7. The molecule has 0 spiro atoms. The van der Waals surface area contributed by atoms with E-state index in [2.05, 4.69) is 25.9 Å². The highest BCUT2D eigenvalue weighted by molar-refractivity contribution is 7.59. The van der Waals surface area contributed by atoms with Crippen LogP contribution in [0.15, 0.2) is 29.6 Å². The Hall–Kier alpha value is -3.03. The monoisotopic (exact) mass is 510 g/mol. The maximum atomic E-state index is 13.7. The van der Waals surface area contributed by atoms with Gasteiger partial charge >= 0.3 is 0 Å². The average molecular weight is 511 g/mol. The van der Waals surface area contributed by atoms with Crippen LogP contribution in [0.2, 0.25) is 5.02 Å². The molecule has 1 saturated heterocycles. The Kier molecular flexibility index (Phi) is 6.47. The van der Waals surface area contributed by atoms with Gasteiger partial charge < -0.3 is 9.88 Å². The molecule has 6 rings (SSSR count). The third-order valence-corrected chi connectivity index (χ3v) is 7.62. The quantitative estimate of drug-likeness (QED) is 0.438. The van der Waals surface area contributed by atoms with Gasteiger partial charge in [0.25, 0.3) is 5.56 Å². The van der Waals surface area contributed by atoms with Crippen molar-refractivity contribution in [3.05, 3.63) is 51.6 Å². The Morgan fingerprint density at radius 1 is 1.17 bits per heavy atom. The molecule has 35 heavy (non-hydrogen) atoms. The van der Waals surface area contributed by atoms with Crippen LogP contribution in [-0.4, -0.2) is 35.7 Å². The molecular weight excluding hydrogens is 484 g/mol. The average Bonchev–Trinajstić information content (AvgIpc) is 3.59. The van der Waals surface area contributed by atoms with Gasteiger partial charge in [0.2, 0.25) is 0 Å². The highest BCUT2D eigenvalue weighted by atomic mass is 35.5. The fourth-order valence-corrected chi connectivity index (χ4v) is 5.89. The summed E-state index contributed by atoms with van der Waals surface area (Å²) < 4.78 is 3.47. The van der Waals surface area contributed by atoms with Crippen molar-refractivity contribution in [3.8, 4) is 6.07 Å². The SMILES string of the molecule is N#Cc1c[nH]c2ncnc(N3CCC[C@H]3c3nn4ccc(Cl)c4c(=O)n3CC3CCCCC3)c12.S. The van der Waals surface area contributed by atoms with Crippen molar-refractivity contribution in [3.63, 3.8) is 0 Å². The lowest BCUT2D eigenvalue weighted by Crippen LogP contribution is -2.36. The number of nitrogens with zero attached hydrogens (tertiary/aromatic N) is 7. The molecule has 1 aliphatic heterocycles. The van der Waals surface area contributed by atoms with E-state index >= 15 is 0 Å². The van der Waals surface area contributed by atoms with E-state index in [0.717, 1.165) is 38.1 Å². The molecule has 1 saturated carbocycles. The van der Waals surface area contributed by atoms with E-state index in [-0.39, 0.29) is 25.1 Å². The second-order valence-corrected chi connectivity index (χ2v) is 9.73. The zero-order chi connectivity index (χ0) is 23.2. The molecule has 0 amide bonds. The van der Waals surface area contributed by atoms with E-state index in [0.29, 0.717) is 45.4 Å². The van der Waals surface area contributed by atoms with Crippen LogP contribution in [0.5, 0.6) is 0 Å². The highest BCUT2D eigenvalue weighted by Crippen LogP contribution is 2.38. The largest absolute Gasteiger partial charge is 0.346 e. The summed E-state index contributed by atoms with van der Waals surface area (Å²) in [6.07, 6.45) is 12.6. The van der Waals surface area contributed by atoms with E-state index in [1.807, 2.05) is 4.57 Å². The lowest BCUT2D eigenvalue weighted by Gasteiger charge is -2.29. The van der Waals surface area contributed by atoms with Gasteiger partial charge in [0, 0.05) is 25.5 Å². The Morgan fingerprint density at radius 3 is 2.80 bits per heavy atom. The van der Waals surface area contributed by atoms with Crippen molar-refractivity contribution < 1.29 is 0 Å². The van der Waals surface area contributed by atoms with Gasteiger partial charge in [0.05, 0.1) is 22.0 Å². The fourth-order valence-electron chi connectivity index (χ4n) is 5.67. The van der Waals surface area contributed by atoms with Crippen molar-refractivity contribution >= 4 is 47.5 Å². The second-order valence-electron chi connectivity index (χ2n) is 9.32. The molecule has 9 nitrogen and oxygen atoms in total. The number of halogens is 1. The van der Waals surface area contributed by atoms with Crippen molar-refractivity contribution in [2.24, 2.45) is 5.92 Å². The lowest BCUT2D eigenvalue weighted by atomic mass is 9.89. The lowest BCUT2D eigenvalue weighted by molar-refractivity contribution is 0.307. The molecule has 4 aromatic heterocycles. The summed E-state index contributed by atoms with van der Waals surface area (Å²) in [4.78, 5) is 27.8. The van der Waals surface area contributed by atoms with Crippen molar-refractivity contribution in [1.82, 2.24) is 29.1 Å². The van der Waals surface area contributed by atoms with E-state index in [1.54, 1.807) is 23.0 Å². The summed E-state index contributed by atoms with van der Waals surface area (Å²) in [5.41, 5.74) is 1.47. The molecule has 0 radical (unpaired) electrons. The Morgan fingerprint density at radius 2 is 2.00 bits per heavy atom. The molecule has 0 bridgehead atoms. The van der Waals surface area contributed by atoms with Crippen LogP contribution in [0.3, 0.4) is 0 Å². The molecule has 1 N–H and O–H groups in total. The molecule has 4 aromatic rings. The van der Waals surface area contributed by atoms with Gasteiger partial charge in [-0.3, -0.25) is 9.36 Å². The summed E-state index contributed by atoms with van der Waals surface area (Å²) in [6, 6.07) is 3.83. The Bertz CT molecular complexity index is 1480. The standard InChI is InChI=1S/C24H25ClN8O.H2S/c25-17-8-10-33-20(17)24(34)32(13-15-5-2-1-3-6-15)22(30-33)18-7-4-9-31(18)23-19-16(11-26)12-27-21(19)28-14-29-23;/h8,10,12,14-15,18H,1-7,9,13H2,(H,27,28,29);1H2/t18-;/m0./s1. The van der Waals surface area contributed by atoms with E-state index < -0.39 is 0 Å². The number of aromatic amines is 1. The third kappa shape index (κ3) is 3.96. The molecule has 1 aliphatic carbocycles. The van der Waals surface area contributed by atoms with Gasteiger partial charge in [-0.2, -0.15) is 23.9 Å². The first-order valence-corrected chi connectivity index (χ1v) is 12.3. The molecule has 5 heterocycles. The van der Waals surface area contributed by atoms with Crippen molar-refractivity contribution in [2.45, 2.75) is 57.5 Å². The first-order valence-electron chi connectivity index (χ1n) is 11.9. The second kappa shape index (κ2) is 9.55. The van der Waals surface area contributed by atoms with Gasteiger partial charge in [-0.25, -0.2) is 14.5 Å². The molecule has 1 atom stereocenters. The number of nitrogens with one attached hydrogen (secondary N) is 1. The van der Waals surface area contributed by atoms with Crippen LogP contribution in [-0.2, 0) is 6.54 Å². The molecule has 182 valence electrons. The summed E-state index contributed by atoms with van der Waals surface area (Å²) in [6.45, 7) is 1.41. The maximum Gasteiger partial charge on any atom is 0.279 e. The Labute approximate surface area is 214 Å². The van der Waals surface area contributed by atoms with E-state index in [4.69, 9.17) is 16.7 Å². The van der Waals surface area contributed by atoms with Crippen LogP contribution >= 0.6 is 25.1 Å². The van der Waals surface area contributed by atoms with Crippen LogP contribution < -0.4 is 10.5 Å². The number of rotatable bonds is 4. The predicted octanol–water partition coefficient (Wildman–Crippen LogP) is 4.33. The molecular formula is C24H27ClN8OS. The number of aromatic nitrogens is 6. The van der Waals surface area contributed by atoms with Gasteiger partial charge in [-0.1, -0.05) is 30.9 Å². The minimum absolute atomic E-state index is 0. The van der Waals surface area contributed by atoms with Gasteiger partial charge in [0.15, 0.2) is 5.82 Å². The van der Waals surface area contributed by atoms with Gasteiger partial charge in [-0.15, -0.1) is 0 Å². The highest BCUT2D eigenvalue weighted by Gasteiger charge is 2.34. The fraction of sp³-hybridized carbons (Fsp3) is 0.458. The summed E-state index contributed by atoms with van der Waals surface area (Å²) in [5, 5.41) is 15.7. The van der Waals surface area contributed by atoms with Gasteiger partial charge in [0.1, 0.15) is 29.4 Å². The minimum Gasteiger partial charge on any atom is -0.346 e. The first-order chi connectivity index (χ1) is 16.7. The molecule has 11 heteroatoms. The zero-order valence-corrected chi connectivity index (χ0v) is 21.0. The van der Waals surface area contributed by atoms with E-state index in [9.17, 15) is 10.1 Å². The first kappa shape index (κ1) is 23.7. The maximum absolute atomic E-state index is 13.7. The van der Waals surface area contributed by atoms with Crippen LogP contribution in [0.1, 0.15) is 62.4 Å².